The first-order chi connectivity index (χ1) is 12.3. The molecule has 2 fully saturated rings. The van der Waals surface area contributed by atoms with Gasteiger partial charge in [0, 0.05) is 24.0 Å². The summed E-state index contributed by atoms with van der Waals surface area (Å²) in [6.45, 7) is -0.699. The van der Waals surface area contributed by atoms with E-state index in [4.69, 9.17) is 16.3 Å². The molecule has 1 saturated carbocycles. The molecule has 1 heterocycles. The monoisotopic (exact) mass is 402 g/mol. The Morgan fingerprint density at radius 2 is 1.92 bits per heavy atom. The van der Waals surface area contributed by atoms with Gasteiger partial charge in [0.05, 0.1) is 11.0 Å². The molecule has 3 rings (SSSR count). The van der Waals surface area contributed by atoms with Crippen molar-refractivity contribution >= 4 is 33.5 Å². The summed E-state index contributed by atoms with van der Waals surface area (Å²) in [4.78, 5) is 23.9. The number of esters is 1. The minimum atomic E-state index is -4.02. The Morgan fingerprint density at radius 1 is 1.27 bits per heavy atom. The highest BCUT2D eigenvalue weighted by Crippen LogP contribution is 2.28. The van der Waals surface area contributed by atoms with Gasteiger partial charge in [-0.1, -0.05) is 11.6 Å². The van der Waals surface area contributed by atoms with Crippen molar-refractivity contribution < 1.29 is 27.9 Å². The summed E-state index contributed by atoms with van der Waals surface area (Å²) in [5.41, 5.74) is 0. The van der Waals surface area contributed by atoms with Crippen LogP contribution in [0.4, 0.5) is 0 Å². The van der Waals surface area contributed by atoms with Crippen molar-refractivity contribution in [3.63, 3.8) is 0 Å². The summed E-state index contributed by atoms with van der Waals surface area (Å²) < 4.78 is 31.4. The van der Waals surface area contributed by atoms with Crippen LogP contribution in [-0.2, 0) is 24.3 Å². The highest BCUT2D eigenvalue weighted by Gasteiger charge is 2.44. The molecule has 142 valence electrons. The minimum Gasteiger partial charge on any atom is -0.454 e. The lowest BCUT2D eigenvalue weighted by molar-refractivity contribution is -0.151. The third-order valence-corrected chi connectivity index (χ3v) is 6.35. The molecular weight excluding hydrogens is 384 g/mol. The molecule has 1 amide bonds. The van der Waals surface area contributed by atoms with Crippen LogP contribution in [0.3, 0.4) is 0 Å². The average Bonchev–Trinajstić information content (AvgIpc) is 3.31. The van der Waals surface area contributed by atoms with Gasteiger partial charge in [0.2, 0.25) is 10.0 Å². The molecule has 1 saturated heterocycles. The number of β-amino-alcohol motifs (C(OH)–C–C–N with tert-alkyl or cyclic N) is 1. The number of rotatable bonds is 6. The molecule has 0 aromatic heterocycles. The molecule has 1 aliphatic carbocycles. The number of halogens is 1. The highest BCUT2D eigenvalue weighted by molar-refractivity contribution is 7.89. The second kappa shape index (κ2) is 7.51. The lowest BCUT2D eigenvalue weighted by atomic mass is 10.2. The van der Waals surface area contributed by atoms with Crippen molar-refractivity contribution in [2.45, 2.75) is 42.3 Å². The zero-order valence-corrected chi connectivity index (χ0v) is 15.4. The average molecular weight is 403 g/mol. The fourth-order valence-electron chi connectivity index (χ4n) is 2.74. The minimum absolute atomic E-state index is 0.0414. The fraction of sp³-hybridized carbons (Fsp3) is 0.500. The van der Waals surface area contributed by atoms with Gasteiger partial charge in [0.25, 0.3) is 5.91 Å². The smallest absolute Gasteiger partial charge is 0.325 e. The third-order valence-electron chi connectivity index (χ3n) is 4.21. The predicted molar refractivity (Wildman–Crippen MR) is 91.9 cm³/mol. The zero-order valence-electron chi connectivity index (χ0n) is 13.8. The Morgan fingerprint density at radius 3 is 2.54 bits per heavy atom. The zero-order chi connectivity index (χ0) is 18.9. The fourth-order valence-corrected chi connectivity index (χ4v) is 4.49. The highest BCUT2D eigenvalue weighted by atomic mass is 35.5. The van der Waals surface area contributed by atoms with Crippen molar-refractivity contribution in [1.29, 1.82) is 0 Å². The third kappa shape index (κ3) is 4.35. The standard InChI is InChI=1S/C16H19ClN2O6S/c17-10-1-5-13(6-2-10)26(23,24)19-8-12(20)7-14(19)16(22)25-9-15(21)18-11-3-4-11/h1-2,5-6,11-12,14,20H,3-4,7-9H2,(H,18,21)/t12-,14+/m1/s1. The molecule has 1 aromatic rings. The Hall–Kier alpha value is -1.68. The number of hydrogen-bond donors (Lipinski definition) is 2. The van der Waals surface area contributed by atoms with E-state index in [1.165, 1.54) is 24.3 Å². The summed E-state index contributed by atoms with van der Waals surface area (Å²) >= 11 is 5.77. The van der Waals surface area contributed by atoms with Crippen LogP contribution in [-0.4, -0.2) is 61.0 Å². The summed E-state index contributed by atoms with van der Waals surface area (Å²) in [6.07, 6.45) is 0.731. The number of carbonyl (C=O) groups is 2. The Bertz CT molecular complexity index is 793. The number of aliphatic hydroxyl groups excluding tert-OH is 1. The molecule has 26 heavy (non-hydrogen) atoms. The number of amides is 1. The van der Waals surface area contributed by atoms with Gasteiger partial charge in [0.15, 0.2) is 6.61 Å². The van der Waals surface area contributed by atoms with Crippen molar-refractivity contribution in [2.24, 2.45) is 0 Å². The van der Waals surface area contributed by atoms with Crippen LogP contribution < -0.4 is 5.32 Å². The quantitative estimate of drug-likeness (QED) is 0.661. The van der Waals surface area contributed by atoms with E-state index >= 15 is 0 Å². The summed E-state index contributed by atoms with van der Waals surface area (Å²) in [5, 5.41) is 12.9. The van der Waals surface area contributed by atoms with Crippen molar-refractivity contribution in [2.75, 3.05) is 13.2 Å². The van der Waals surface area contributed by atoms with Gasteiger partial charge in [-0.05, 0) is 37.1 Å². The second-order valence-corrected chi connectivity index (χ2v) is 8.71. The number of nitrogens with one attached hydrogen (secondary N) is 1. The molecule has 0 radical (unpaired) electrons. The lowest BCUT2D eigenvalue weighted by Gasteiger charge is -2.22. The Kier molecular flexibility index (Phi) is 5.52. The van der Waals surface area contributed by atoms with Gasteiger partial charge >= 0.3 is 5.97 Å². The lowest BCUT2D eigenvalue weighted by Crippen LogP contribution is -2.42. The number of benzene rings is 1. The van der Waals surface area contributed by atoms with E-state index in [0.29, 0.717) is 5.02 Å². The number of sulfonamides is 1. The molecule has 2 N–H and O–H groups in total. The van der Waals surface area contributed by atoms with Crippen LogP contribution in [0.15, 0.2) is 29.2 Å². The topological polar surface area (TPSA) is 113 Å². The van der Waals surface area contributed by atoms with E-state index in [0.717, 1.165) is 17.1 Å². The van der Waals surface area contributed by atoms with Crippen LogP contribution >= 0.6 is 11.6 Å². The Balaban J connectivity index is 1.69. The van der Waals surface area contributed by atoms with Crippen molar-refractivity contribution in [3.05, 3.63) is 29.3 Å². The second-order valence-electron chi connectivity index (χ2n) is 6.38. The molecule has 1 aliphatic heterocycles. The van der Waals surface area contributed by atoms with E-state index in [-0.39, 0.29) is 23.9 Å². The van der Waals surface area contributed by atoms with Crippen molar-refractivity contribution in [3.8, 4) is 0 Å². The molecule has 0 spiro atoms. The van der Waals surface area contributed by atoms with Gasteiger partial charge in [-0.15, -0.1) is 0 Å². The number of nitrogens with zero attached hydrogens (tertiary/aromatic N) is 1. The molecule has 2 atom stereocenters. The largest absolute Gasteiger partial charge is 0.454 e. The SMILES string of the molecule is O=C(COC(=O)[C@@H]1C[C@@H](O)CN1S(=O)(=O)c1ccc(Cl)cc1)NC1CC1. The first kappa shape index (κ1) is 19.1. The molecule has 10 heteroatoms. The normalized spacial score (nSPS) is 23.6. The molecule has 1 aromatic carbocycles. The van der Waals surface area contributed by atoms with E-state index in [9.17, 15) is 23.1 Å². The maximum absolute atomic E-state index is 12.8. The maximum atomic E-state index is 12.8. The molecule has 0 bridgehead atoms. The van der Waals surface area contributed by atoms with Gasteiger partial charge in [-0.3, -0.25) is 9.59 Å². The van der Waals surface area contributed by atoms with Crippen LogP contribution in [0.25, 0.3) is 0 Å². The molecule has 8 nitrogen and oxygen atoms in total. The first-order valence-electron chi connectivity index (χ1n) is 8.19. The van der Waals surface area contributed by atoms with Crippen LogP contribution in [0, 0.1) is 0 Å². The van der Waals surface area contributed by atoms with Crippen molar-refractivity contribution in [1.82, 2.24) is 9.62 Å². The number of aliphatic hydroxyl groups is 1. The maximum Gasteiger partial charge on any atom is 0.325 e. The van der Waals surface area contributed by atoms with E-state index < -0.39 is 40.7 Å². The van der Waals surface area contributed by atoms with Gasteiger partial charge in [-0.2, -0.15) is 4.31 Å². The van der Waals surface area contributed by atoms with E-state index in [2.05, 4.69) is 5.32 Å². The van der Waals surface area contributed by atoms with Gasteiger partial charge in [-0.25, -0.2) is 8.42 Å². The number of ether oxygens (including phenoxy) is 1. The molecule has 0 unspecified atom stereocenters. The summed E-state index contributed by atoms with van der Waals surface area (Å²) in [6, 6.07) is 4.46. The van der Waals surface area contributed by atoms with Crippen LogP contribution in [0.1, 0.15) is 19.3 Å². The van der Waals surface area contributed by atoms with E-state index in [1.54, 1.807) is 0 Å². The van der Waals surface area contributed by atoms with Gasteiger partial charge < -0.3 is 15.2 Å². The number of carbonyl (C=O) groups excluding carboxylic acids is 2. The Labute approximate surface area is 156 Å². The number of hydrogen-bond acceptors (Lipinski definition) is 6. The molecular formula is C16H19ClN2O6S. The van der Waals surface area contributed by atoms with Gasteiger partial charge in [0.1, 0.15) is 6.04 Å². The molecule has 2 aliphatic rings. The summed E-state index contributed by atoms with van der Waals surface area (Å²) in [5.74, 6) is -1.28. The van der Waals surface area contributed by atoms with E-state index in [1.807, 2.05) is 0 Å². The summed E-state index contributed by atoms with van der Waals surface area (Å²) in [7, 11) is -4.02. The van der Waals surface area contributed by atoms with Crippen LogP contribution in [0.5, 0.6) is 0 Å². The predicted octanol–water partition coefficient (Wildman–Crippen LogP) is 0.286. The van der Waals surface area contributed by atoms with Crippen LogP contribution in [0.2, 0.25) is 5.02 Å². The first-order valence-corrected chi connectivity index (χ1v) is 10.0.